The number of nitrogens with zero attached hydrogens (tertiary/aromatic N) is 2. The number of ether oxygens (including phenoxy) is 1. The second-order valence-electron chi connectivity index (χ2n) is 8.37. The Morgan fingerprint density at radius 3 is 2.68 bits per heavy atom. The van der Waals surface area contributed by atoms with E-state index in [1.165, 1.54) is 0 Å². The predicted molar refractivity (Wildman–Crippen MR) is 102 cm³/mol. The molecule has 1 aromatic heterocycles. The monoisotopic (exact) mass is 361 g/mol. The molecular formula is C19H31N3O2Si. The zero-order valence-electron chi connectivity index (χ0n) is 16.0. The van der Waals surface area contributed by atoms with Crippen molar-refractivity contribution in [3.8, 4) is 6.07 Å². The number of nitrogen functional groups attached to an aromatic ring is 1. The van der Waals surface area contributed by atoms with Crippen LogP contribution in [0, 0.1) is 23.2 Å². The van der Waals surface area contributed by atoms with Gasteiger partial charge in [0.1, 0.15) is 0 Å². The molecule has 25 heavy (non-hydrogen) atoms. The minimum atomic E-state index is -2.34. The highest BCUT2D eigenvalue weighted by molar-refractivity contribution is 6.72. The average Bonchev–Trinajstić information content (AvgIpc) is 2.53. The second-order valence-corrected chi connectivity index (χ2v) is 12.8. The third-order valence-electron chi connectivity index (χ3n) is 5.98. The lowest BCUT2D eigenvalue weighted by atomic mass is 9.75. The van der Waals surface area contributed by atoms with Crippen molar-refractivity contribution in [2.75, 3.05) is 5.73 Å². The quantitative estimate of drug-likeness (QED) is 0.773. The summed E-state index contributed by atoms with van der Waals surface area (Å²) in [5, 5.41) is 9.59. The van der Waals surface area contributed by atoms with E-state index in [2.05, 4.69) is 31.8 Å². The molecule has 0 amide bonds. The molecule has 0 aliphatic carbocycles. The number of hydrogen-bond donors (Lipinski definition) is 2. The van der Waals surface area contributed by atoms with E-state index >= 15 is 0 Å². The molecule has 1 saturated heterocycles. The Morgan fingerprint density at radius 1 is 1.48 bits per heavy atom. The number of nitriles is 1. The van der Waals surface area contributed by atoms with Crippen molar-refractivity contribution < 1.29 is 9.53 Å². The maximum atomic E-state index is 10.7. The largest absolute Gasteiger partial charge is 0.432 e. The normalized spacial score (nSPS) is 27.7. The lowest BCUT2D eigenvalue weighted by Gasteiger charge is -2.44. The number of aromatic nitrogens is 1. The Kier molecular flexibility index (Phi) is 5.92. The van der Waals surface area contributed by atoms with Gasteiger partial charge in [-0.3, -0.25) is 4.98 Å². The van der Waals surface area contributed by atoms with Gasteiger partial charge in [0.2, 0.25) is 0 Å². The number of pyridine rings is 1. The molecule has 1 aliphatic heterocycles. The smallest absolute Gasteiger partial charge is 0.188 e. The van der Waals surface area contributed by atoms with Crippen molar-refractivity contribution in [2.45, 2.75) is 70.4 Å². The molecule has 3 N–H and O–H groups in total. The van der Waals surface area contributed by atoms with Crippen LogP contribution in [0.3, 0.4) is 0 Å². The molecule has 1 fully saturated rings. The zero-order chi connectivity index (χ0) is 18.8. The van der Waals surface area contributed by atoms with Crippen LogP contribution < -0.4 is 5.73 Å². The molecule has 2 heterocycles. The highest BCUT2D eigenvalue weighted by atomic mass is 28.4. The molecule has 2 rings (SSSR count). The lowest BCUT2D eigenvalue weighted by molar-refractivity contribution is -0.100. The summed E-state index contributed by atoms with van der Waals surface area (Å²) in [7, 11) is -2.34. The Bertz CT molecular complexity index is 636. The van der Waals surface area contributed by atoms with E-state index in [9.17, 15) is 10.1 Å². The average molecular weight is 362 g/mol. The lowest BCUT2D eigenvalue weighted by Crippen LogP contribution is -2.44. The zero-order valence-corrected chi connectivity index (χ0v) is 17.0. The van der Waals surface area contributed by atoms with Gasteiger partial charge in [-0.1, -0.05) is 20.8 Å². The third kappa shape index (κ3) is 4.22. The molecule has 1 aromatic rings. The summed E-state index contributed by atoms with van der Waals surface area (Å²) >= 11 is 0. The molecule has 0 saturated carbocycles. The second kappa shape index (κ2) is 7.44. The summed E-state index contributed by atoms with van der Waals surface area (Å²) in [6.07, 6.45) is 5.51. The minimum absolute atomic E-state index is 0.111. The third-order valence-corrected chi connectivity index (χ3v) is 9.50. The van der Waals surface area contributed by atoms with Gasteiger partial charge in [0, 0.05) is 11.8 Å². The minimum Gasteiger partial charge on any atom is -0.432 e. The van der Waals surface area contributed by atoms with Gasteiger partial charge in [0.25, 0.3) is 0 Å². The van der Waals surface area contributed by atoms with Crippen LogP contribution in [0.25, 0.3) is 0 Å². The van der Waals surface area contributed by atoms with Crippen LogP contribution >= 0.6 is 0 Å². The van der Waals surface area contributed by atoms with Crippen molar-refractivity contribution in [1.29, 1.82) is 5.26 Å². The summed E-state index contributed by atoms with van der Waals surface area (Å²) in [5.74, 6) is 0.0233. The molecule has 0 aromatic carbocycles. The van der Waals surface area contributed by atoms with Gasteiger partial charge < -0.3 is 15.3 Å². The molecule has 1 aliphatic rings. The first-order chi connectivity index (χ1) is 11.6. The van der Waals surface area contributed by atoms with Gasteiger partial charge in [-0.25, -0.2) is 0 Å². The summed E-state index contributed by atoms with van der Waals surface area (Å²) in [5.41, 5.74) is 7.69. The van der Waals surface area contributed by atoms with Crippen molar-refractivity contribution in [3.63, 3.8) is 0 Å². The van der Waals surface area contributed by atoms with E-state index in [4.69, 9.17) is 10.5 Å². The Labute approximate surface area is 152 Å². The SMILES string of the molecule is CC[C@H]1O[C@@H](c2ccncc2N)C[C@@H](CC(C)(C)[Si](C)(C)O)[C@H]1C#N. The fraction of sp³-hybridized carbons (Fsp3) is 0.684. The summed E-state index contributed by atoms with van der Waals surface area (Å²) in [6.45, 7) is 10.3. The van der Waals surface area contributed by atoms with Gasteiger partial charge in [0.15, 0.2) is 8.32 Å². The molecule has 0 bridgehead atoms. The van der Waals surface area contributed by atoms with Crippen LogP contribution in [-0.4, -0.2) is 24.2 Å². The standard InChI is InChI=1S/C19H31N3O2Si/c1-6-17-15(11-20)13(10-19(2,3)25(4,5)23)9-18(24-17)14-7-8-22-12-16(14)21/h7-8,12-13,15,17-18,23H,6,9-10,21H2,1-5H3/t13-,15+,17+,18+/m0/s1. The van der Waals surface area contributed by atoms with E-state index in [1.807, 2.05) is 19.2 Å². The van der Waals surface area contributed by atoms with Crippen molar-refractivity contribution in [2.24, 2.45) is 11.8 Å². The molecule has 0 unspecified atom stereocenters. The number of nitrogens with two attached hydrogens (primary N) is 1. The highest BCUT2D eigenvalue weighted by Gasteiger charge is 2.45. The van der Waals surface area contributed by atoms with E-state index in [0.717, 1.165) is 24.8 Å². The fourth-order valence-electron chi connectivity index (χ4n) is 3.64. The molecule has 4 atom stereocenters. The maximum absolute atomic E-state index is 10.7. The van der Waals surface area contributed by atoms with Crippen LogP contribution in [0.2, 0.25) is 18.1 Å². The molecule has 6 heteroatoms. The molecule has 5 nitrogen and oxygen atoms in total. The van der Waals surface area contributed by atoms with Crippen molar-refractivity contribution in [3.05, 3.63) is 24.0 Å². The predicted octanol–water partition coefficient (Wildman–Crippen LogP) is 4.03. The van der Waals surface area contributed by atoms with E-state index < -0.39 is 8.32 Å². The van der Waals surface area contributed by atoms with E-state index in [-0.39, 0.29) is 29.1 Å². The van der Waals surface area contributed by atoms with Crippen LogP contribution in [-0.2, 0) is 4.74 Å². The first-order valence-electron chi connectivity index (χ1n) is 9.07. The van der Waals surface area contributed by atoms with Crippen molar-refractivity contribution >= 4 is 14.0 Å². The Hall–Kier alpha value is -1.42. The Morgan fingerprint density at radius 2 is 2.16 bits per heavy atom. The summed E-state index contributed by atoms with van der Waals surface area (Å²) < 4.78 is 6.25. The highest BCUT2D eigenvalue weighted by Crippen LogP contribution is 2.49. The summed E-state index contributed by atoms with van der Waals surface area (Å²) in [6, 6.07) is 4.39. The van der Waals surface area contributed by atoms with Gasteiger partial charge in [-0.2, -0.15) is 5.26 Å². The number of rotatable bonds is 5. The van der Waals surface area contributed by atoms with Crippen LogP contribution in [0.5, 0.6) is 0 Å². The maximum Gasteiger partial charge on any atom is 0.188 e. The molecular weight excluding hydrogens is 330 g/mol. The topological polar surface area (TPSA) is 92.2 Å². The molecule has 138 valence electrons. The van der Waals surface area contributed by atoms with Gasteiger partial charge >= 0.3 is 0 Å². The van der Waals surface area contributed by atoms with E-state index in [0.29, 0.717) is 5.69 Å². The van der Waals surface area contributed by atoms with Gasteiger partial charge in [-0.05, 0) is 49.4 Å². The number of anilines is 1. The van der Waals surface area contributed by atoms with Gasteiger partial charge in [0.05, 0.1) is 36.1 Å². The molecule has 0 spiro atoms. The van der Waals surface area contributed by atoms with Crippen molar-refractivity contribution in [1.82, 2.24) is 4.98 Å². The van der Waals surface area contributed by atoms with Crippen LogP contribution in [0.1, 0.15) is 51.7 Å². The van der Waals surface area contributed by atoms with Crippen LogP contribution in [0.4, 0.5) is 5.69 Å². The van der Waals surface area contributed by atoms with E-state index in [1.54, 1.807) is 12.4 Å². The fourth-order valence-corrected chi connectivity index (χ4v) is 4.40. The Balaban J connectivity index is 2.32. The number of hydrogen-bond acceptors (Lipinski definition) is 5. The first-order valence-corrected chi connectivity index (χ1v) is 12.0. The van der Waals surface area contributed by atoms with Gasteiger partial charge in [-0.15, -0.1) is 0 Å². The van der Waals surface area contributed by atoms with Crippen LogP contribution in [0.15, 0.2) is 18.5 Å². The molecule has 0 radical (unpaired) electrons. The first kappa shape index (κ1) is 19.9. The summed E-state index contributed by atoms with van der Waals surface area (Å²) in [4.78, 5) is 14.7.